The number of fused-ring (bicyclic) bond motifs is 2. The molecule has 6 nitrogen and oxygen atoms in total. The van der Waals surface area contributed by atoms with Crippen molar-refractivity contribution in [2.75, 3.05) is 6.61 Å². The van der Waals surface area contributed by atoms with E-state index in [4.69, 9.17) is 40.5 Å². The second-order valence-electron chi connectivity index (χ2n) is 19.9. The number of aromatic nitrogens is 2. The molecular weight excluding hydrogens is 1350 g/mol. The molecule has 0 aliphatic rings. The van der Waals surface area contributed by atoms with Crippen molar-refractivity contribution in [3.05, 3.63) is 264 Å². The summed E-state index contributed by atoms with van der Waals surface area (Å²) in [4.78, 5) is 19.0. The maximum absolute atomic E-state index is 11.0. The number of aromatic hydroxyl groups is 2. The maximum atomic E-state index is 11.0. The molecule has 0 amide bonds. The van der Waals surface area contributed by atoms with Crippen molar-refractivity contribution in [2.45, 2.75) is 86.5 Å². The van der Waals surface area contributed by atoms with Crippen molar-refractivity contribution in [2.24, 2.45) is 0 Å². The van der Waals surface area contributed by atoms with Crippen LogP contribution < -0.4 is 31.8 Å². The molecule has 0 fully saturated rings. The Morgan fingerprint density at radius 3 is 1.08 bits per heavy atom. The van der Waals surface area contributed by atoms with Crippen LogP contribution in [0, 0.1) is 0 Å². The maximum Gasteiger partial charge on any atom is -0.0134 e. The van der Waals surface area contributed by atoms with E-state index in [1.807, 2.05) is 0 Å². The van der Waals surface area contributed by atoms with Gasteiger partial charge in [-0.2, -0.15) is 0 Å². The van der Waals surface area contributed by atoms with Gasteiger partial charge in [-0.05, 0) is 107 Å². The Bertz CT molecular complexity index is 3110. The largest absolute Gasteiger partial charge is 0.0622 e. The van der Waals surface area contributed by atoms with Crippen LogP contribution in [0.15, 0.2) is 253 Å². The van der Waals surface area contributed by atoms with Crippen LogP contribution in [-0.2, 0) is 20.7 Å². The normalized spacial score (nSPS) is 10.6. The van der Waals surface area contributed by atoms with Gasteiger partial charge in [-0.3, -0.25) is 9.78 Å². The number of unbranched alkanes of at least 4 members (excludes halogenated alkanes) is 3. The number of hydrogen-bond acceptors (Lipinski definition) is 6. The van der Waals surface area contributed by atoms with Crippen LogP contribution in [-0.4, -0.2) is 50.9 Å². The second kappa shape index (κ2) is 40.1. The van der Waals surface area contributed by atoms with Crippen LogP contribution in [0.4, 0.5) is 0 Å². The van der Waals surface area contributed by atoms with Crippen molar-refractivity contribution in [3.8, 4) is 11.5 Å². The number of halogens is 3. The summed E-state index contributed by atoms with van der Waals surface area (Å²) in [5, 5.41) is 30.8. The van der Waals surface area contributed by atoms with Gasteiger partial charge in [0.2, 0.25) is 0 Å². The predicted molar refractivity (Wildman–Crippen MR) is 369 cm³/mol. The van der Waals surface area contributed by atoms with Crippen LogP contribution in [0.1, 0.15) is 83.6 Å². The third kappa shape index (κ3) is 24.0. The minimum absolute atomic E-state index is 0.0738. The van der Waals surface area contributed by atoms with E-state index in [1.165, 1.54) is 94.4 Å². The molecule has 85 heavy (non-hydrogen) atoms. The number of nitrogens with zero attached hydrogens (tertiary/aromatic N) is 2. The molecule has 13 heteroatoms. The summed E-state index contributed by atoms with van der Waals surface area (Å²) in [5.41, 5.74) is 0.420. The van der Waals surface area contributed by atoms with Gasteiger partial charge in [0.05, 0.1) is 0 Å². The first kappa shape index (κ1) is 70.3. The van der Waals surface area contributed by atoms with Gasteiger partial charge in [-0.25, -0.2) is 4.98 Å². The third-order valence-electron chi connectivity index (χ3n) is 13.8. The van der Waals surface area contributed by atoms with Crippen LogP contribution in [0.25, 0.3) is 21.5 Å². The van der Waals surface area contributed by atoms with Crippen LogP contribution in [0.2, 0.25) is 18.5 Å². The van der Waals surface area contributed by atoms with Gasteiger partial charge in [-0.1, -0.05) is 194 Å². The van der Waals surface area contributed by atoms with Gasteiger partial charge in [0, 0.05) is 30.1 Å². The number of ether oxygens (including phenoxy) is 1. The van der Waals surface area contributed by atoms with Gasteiger partial charge < -0.3 is 10.2 Å². The first-order valence-corrected chi connectivity index (χ1v) is 43.3. The fourth-order valence-corrected chi connectivity index (χ4v) is 28.9. The topological polar surface area (TPSA) is 92.5 Å². The Balaban J connectivity index is 0.000000193. The van der Waals surface area contributed by atoms with E-state index >= 15 is 0 Å². The molecular formula is C72H79Cl3N2O4P2PdSn. The van der Waals surface area contributed by atoms with Crippen LogP contribution in [0.5, 0.6) is 11.5 Å². The number of pyridine rings is 2. The van der Waals surface area contributed by atoms with Crippen molar-refractivity contribution < 1.29 is 35.7 Å². The average molecular weight is 1430 g/mol. The summed E-state index contributed by atoms with van der Waals surface area (Å²) >= 11 is 3.33. The zero-order valence-electron chi connectivity index (χ0n) is 49.3. The fraction of sp³-hybridized carbons (Fsp3) is 0.208. The second-order valence-corrected chi connectivity index (χ2v) is 40.2. The Morgan fingerprint density at radius 2 is 0.788 bits per heavy atom. The molecule has 8 aromatic carbocycles. The Labute approximate surface area is 533 Å². The molecule has 0 atom stereocenters. The van der Waals surface area contributed by atoms with E-state index in [-0.39, 0.29) is 33.2 Å². The van der Waals surface area contributed by atoms with Crippen LogP contribution >= 0.6 is 46.5 Å². The SMILES string of the molecule is C=[C](OCC)[Sn]([CH2]CCC)([CH2]CCC)[CH2]CCC.CC(=O)c1cc2cc(O)ccc2cn1.Oc1ccc2cnc(Cl)cc2c1.[Cl][Pd][Cl].c1ccc(P(c2ccccc2)c2ccccc2)cc1.c1ccc(P(c2ccccc2)c2ccccc2)cc1. The zero-order valence-corrected chi connectivity index (χ0v) is 57.8. The Morgan fingerprint density at radius 1 is 0.482 bits per heavy atom. The quantitative estimate of drug-likeness (QED) is 0.0276. The Kier molecular flexibility index (Phi) is 33.2. The number of ketones is 1. The average Bonchev–Trinajstić information content (AvgIpc) is 3.55. The first-order valence-electron chi connectivity index (χ1n) is 28.8. The number of carbonyl (C=O) groups excluding carboxylic acids is 1. The number of carbonyl (C=O) groups is 1. The number of Topliss-reactive ketones (excluding diaryl/α,β-unsaturated/α-hetero) is 1. The smallest absolute Gasteiger partial charge is 0.0134 e. The standard InChI is InChI=1S/2C18H15P.C11H9NO2.C9H6ClNO.C4H7O.3C4H9.2ClH.Pd.Sn/c2*1-4-10-16(11-5-1)19(17-12-6-2-7-13-17)18-14-8-3-9-15-18;1-7(13)11-5-9-4-10(14)3-2-8(9)6-12-11;10-9-4-7-3-8(12)2-1-6(7)5-11-9;1-3-5-4-2;3*1-3-4-2;;;;/h2*1-15H;2-6,14H,1H3;1-5,12H;1,4H2,2H3;3*1,3-4H2,2H3;2*1H;;/q;;;;;;;;;;+2;/p-2. The molecule has 10 aromatic rings. The van der Waals surface area contributed by atoms with Gasteiger partial charge >= 0.3 is 155 Å². The van der Waals surface area contributed by atoms with E-state index in [1.54, 1.807) is 60.9 Å². The minimum atomic E-state index is -2.24. The summed E-state index contributed by atoms with van der Waals surface area (Å²) < 4.78 is 11.6. The summed E-state index contributed by atoms with van der Waals surface area (Å²) in [7, 11) is 8.74. The molecule has 0 saturated heterocycles. The molecule has 10 rings (SSSR count). The van der Waals surface area contributed by atoms with E-state index in [2.05, 4.69) is 226 Å². The number of benzene rings is 8. The zero-order chi connectivity index (χ0) is 61.1. The van der Waals surface area contributed by atoms with Crippen molar-refractivity contribution in [1.82, 2.24) is 9.97 Å². The van der Waals surface area contributed by atoms with E-state index in [9.17, 15) is 9.90 Å². The van der Waals surface area contributed by atoms with Gasteiger partial charge in [-0.15, -0.1) is 0 Å². The van der Waals surface area contributed by atoms with E-state index in [0.717, 1.165) is 28.2 Å². The number of phenolic OH excluding ortho intramolecular Hbond substituents is 2. The number of hydrogen-bond donors (Lipinski definition) is 2. The van der Waals surface area contributed by atoms with Crippen LogP contribution in [0.3, 0.4) is 0 Å². The molecule has 446 valence electrons. The molecule has 2 N–H and O–H groups in total. The molecule has 0 aliphatic carbocycles. The van der Waals surface area contributed by atoms with Crippen molar-refractivity contribution in [3.63, 3.8) is 0 Å². The molecule has 0 unspecified atom stereocenters. The summed E-state index contributed by atoms with van der Waals surface area (Å²) in [5.74, 6) is 0.359. The van der Waals surface area contributed by atoms with Crippen molar-refractivity contribution in [1.29, 1.82) is 0 Å². The molecule has 2 aromatic heterocycles. The predicted octanol–water partition coefficient (Wildman–Crippen LogP) is 18.9. The van der Waals surface area contributed by atoms with Gasteiger partial charge in [0.15, 0.2) is 5.78 Å². The molecule has 0 radical (unpaired) electrons. The monoisotopic (exact) mass is 1430 g/mol. The Hall–Kier alpha value is -5.42. The first-order chi connectivity index (χ1) is 41.4. The molecule has 0 aliphatic heterocycles. The molecule has 0 spiro atoms. The fourth-order valence-electron chi connectivity index (χ4n) is 9.45. The van der Waals surface area contributed by atoms with E-state index in [0.29, 0.717) is 10.8 Å². The van der Waals surface area contributed by atoms with Gasteiger partial charge in [0.25, 0.3) is 0 Å². The number of rotatable bonds is 19. The number of phenols is 2. The van der Waals surface area contributed by atoms with Gasteiger partial charge in [0.1, 0.15) is 22.3 Å². The third-order valence-corrected chi connectivity index (χ3v) is 33.9. The molecule has 0 saturated carbocycles. The summed E-state index contributed by atoms with van der Waals surface area (Å²) in [6.45, 7) is 15.6. The summed E-state index contributed by atoms with van der Waals surface area (Å²) in [6.07, 6.45) is 11.4. The van der Waals surface area contributed by atoms with E-state index < -0.39 is 34.2 Å². The minimum Gasteiger partial charge on any atom is -0.0622 e. The molecule has 0 bridgehead atoms. The summed E-state index contributed by atoms with van der Waals surface area (Å²) in [6, 6.07) is 78.1. The molecule has 2 heterocycles. The van der Waals surface area contributed by atoms with Crippen molar-refractivity contribution >= 4 is 124 Å².